The van der Waals surface area contributed by atoms with Crippen molar-refractivity contribution in [2.45, 2.75) is 44.7 Å². The van der Waals surface area contributed by atoms with E-state index in [1.807, 2.05) is 18.2 Å². The van der Waals surface area contributed by atoms with Crippen molar-refractivity contribution in [1.82, 2.24) is 15.5 Å². The summed E-state index contributed by atoms with van der Waals surface area (Å²) in [6.07, 6.45) is 7.46. The van der Waals surface area contributed by atoms with Crippen molar-refractivity contribution in [3.63, 3.8) is 0 Å². The van der Waals surface area contributed by atoms with Gasteiger partial charge in [-0.15, -0.1) is 10.2 Å². The van der Waals surface area contributed by atoms with Crippen LogP contribution in [0.2, 0.25) is 0 Å². The van der Waals surface area contributed by atoms with E-state index in [2.05, 4.69) is 34.4 Å². The van der Waals surface area contributed by atoms with Gasteiger partial charge < -0.3 is 21.1 Å². The third kappa shape index (κ3) is 5.36. The van der Waals surface area contributed by atoms with Crippen LogP contribution in [0.15, 0.2) is 36.4 Å². The molecule has 2 atom stereocenters. The van der Waals surface area contributed by atoms with Crippen molar-refractivity contribution in [1.29, 1.82) is 0 Å². The van der Waals surface area contributed by atoms with Crippen LogP contribution in [0.3, 0.4) is 0 Å². The van der Waals surface area contributed by atoms with Crippen LogP contribution in [0.1, 0.15) is 38.2 Å². The van der Waals surface area contributed by atoms with Crippen molar-refractivity contribution in [2.75, 3.05) is 19.0 Å². The third-order valence-corrected chi connectivity index (χ3v) is 5.72. The zero-order valence-corrected chi connectivity index (χ0v) is 17.9. The lowest BCUT2D eigenvalue weighted by molar-refractivity contribution is -0.115. The Kier molecular flexibility index (Phi) is 7.05. The summed E-state index contributed by atoms with van der Waals surface area (Å²) in [6, 6.07) is 9.58. The quantitative estimate of drug-likeness (QED) is 0.550. The SMILES string of the molecule is CC[C@H](N)C[C@H](C1CC1)N(C)c1ccc(-c2ccc(/C=C/C(=O)NC)cc2O)nn1. The molecule has 1 aliphatic carbocycles. The van der Waals surface area contributed by atoms with Crippen LogP contribution in [0.5, 0.6) is 5.75 Å². The molecule has 0 saturated heterocycles. The summed E-state index contributed by atoms with van der Waals surface area (Å²) in [4.78, 5) is 13.5. The fourth-order valence-electron chi connectivity index (χ4n) is 3.58. The molecule has 1 aromatic heterocycles. The molecule has 160 valence electrons. The molecule has 1 amide bonds. The molecule has 7 heteroatoms. The van der Waals surface area contributed by atoms with Gasteiger partial charge in [-0.05, 0) is 67.5 Å². The number of aromatic nitrogens is 2. The number of likely N-dealkylation sites (N-methyl/N-ethyl adjacent to an activating group) is 1. The average Bonchev–Trinajstić information content (AvgIpc) is 3.60. The Bertz CT molecular complexity index is 893. The number of phenols is 1. The molecular weight excluding hydrogens is 378 g/mol. The largest absolute Gasteiger partial charge is 0.507 e. The Morgan fingerprint density at radius 2 is 2.10 bits per heavy atom. The lowest BCUT2D eigenvalue weighted by Crippen LogP contribution is -2.39. The smallest absolute Gasteiger partial charge is 0.243 e. The van der Waals surface area contributed by atoms with E-state index in [4.69, 9.17) is 5.73 Å². The van der Waals surface area contributed by atoms with Crippen LogP contribution < -0.4 is 16.0 Å². The van der Waals surface area contributed by atoms with Gasteiger partial charge in [-0.3, -0.25) is 4.79 Å². The fraction of sp³-hybridized carbons (Fsp3) is 0.435. The first-order valence-corrected chi connectivity index (χ1v) is 10.5. The lowest BCUT2D eigenvalue weighted by atomic mass is 10.0. The summed E-state index contributed by atoms with van der Waals surface area (Å²) in [5.74, 6) is 1.37. The number of amides is 1. The van der Waals surface area contributed by atoms with Gasteiger partial charge in [0, 0.05) is 37.8 Å². The Morgan fingerprint density at radius 1 is 1.33 bits per heavy atom. The molecule has 1 aliphatic rings. The molecule has 30 heavy (non-hydrogen) atoms. The van der Waals surface area contributed by atoms with E-state index in [9.17, 15) is 9.90 Å². The van der Waals surface area contributed by atoms with E-state index in [-0.39, 0.29) is 17.7 Å². The van der Waals surface area contributed by atoms with E-state index in [0.717, 1.165) is 24.2 Å². The fourth-order valence-corrected chi connectivity index (χ4v) is 3.58. The van der Waals surface area contributed by atoms with Gasteiger partial charge in [-0.2, -0.15) is 0 Å². The predicted molar refractivity (Wildman–Crippen MR) is 120 cm³/mol. The number of rotatable bonds is 9. The van der Waals surface area contributed by atoms with Crippen LogP contribution in [-0.4, -0.2) is 47.4 Å². The molecule has 1 saturated carbocycles. The number of benzene rings is 1. The van der Waals surface area contributed by atoms with Crippen molar-refractivity contribution >= 4 is 17.8 Å². The minimum Gasteiger partial charge on any atom is -0.507 e. The molecule has 4 N–H and O–H groups in total. The topological polar surface area (TPSA) is 104 Å². The number of nitrogens with zero attached hydrogens (tertiary/aromatic N) is 3. The van der Waals surface area contributed by atoms with Crippen molar-refractivity contribution in [3.05, 3.63) is 42.0 Å². The van der Waals surface area contributed by atoms with E-state index >= 15 is 0 Å². The number of nitrogens with one attached hydrogen (secondary N) is 1. The molecule has 1 aromatic carbocycles. The van der Waals surface area contributed by atoms with E-state index in [1.54, 1.807) is 25.3 Å². The molecule has 3 rings (SSSR count). The van der Waals surface area contributed by atoms with Gasteiger partial charge in [0.1, 0.15) is 5.75 Å². The van der Waals surface area contributed by atoms with Crippen molar-refractivity contribution < 1.29 is 9.90 Å². The van der Waals surface area contributed by atoms with E-state index in [0.29, 0.717) is 23.2 Å². The number of hydrogen-bond donors (Lipinski definition) is 3. The van der Waals surface area contributed by atoms with Crippen LogP contribution in [0.25, 0.3) is 17.3 Å². The highest BCUT2D eigenvalue weighted by Crippen LogP contribution is 2.38. The van der Waals surface area contributed by atoms with Crippen molar-refractivity contribution in [3.8, 4) is 17.0 Å². The minimum absolute atomic E-state index is 0.0919. The van der Waals surface area contributed by atoms with Gasteiger partial charge in [0.15, 0.2) is 5.82 Å². The van der Waals surface area contributed by atoms with Crippen LogP contribution >= 0.6 is 0 Å². The zero-order chi connectivity index (χ0) is 21.7. The number of carbonyl (C=O) groups is 1. The van der Waals surface area contributed by atoms with Crippen LogP contribution in [0, 0.1) is 5.92 Å². The highest BCUT2D eigenvalue weighted by Gasteiger charge is 2.35. The Morgan fingerprint density at radius 3 is 2.67 bits per heavy atom. The lowest BCUT2D eigenvalue weighted by Gasteiger charge is -2.30. The second-order valence-electron chi connectivity index (χ2n) is 7.92. The maximum absolute atomic E-state index is 11.3. The molecule has 0 aliphatic heterocycles. The van der Waals surface area contributed by atoms with Gasteiger partial charge >= 0.3 is 0 Å². The maximum Gasteiger partial charge on any atom is 0.243 e. The summed E-state index contributed by atoms with van der Waals surface area (Å²) in [7, 11) is 3.62. The number of nitrogens with two attached hydrogens (primary N) is 1. The summed E-state index contributed by atoms with van der Waals surface area (Å²) in [5, 5.41) is 21.7. The number of anilines is 1. The summed E-state index contributed by atoms with van der Waals surface area (Å²) >= 11 is 0. The Balaban J connectivity index is 1.75. The molecule has 0 bridgehead atoms. The standard InChI is InChI=1S/C23H31N5O2/c1-4-17(24)14-20(16-7-8-16)28(3)22-11-10-19(26-27-22)18-9-5-15(13-21(18)29)6-12-23(30)25-2/h5-6,9-13,16-17,20,29H,4,7-8,14,24H2,1-3H3,(H,25,30)/b12-6+/t17-,20+/m0/s1. The first-order chi connectivity index (χ1) is 14.4. The number of aromatic hydroxyl groups is 1. The zero-order valence-electron chi connectivity index (χ0n) is 17.9. The van der Waals surface area contributed by atoms with Gasteiger partial charge in [0.25, 0.3) is 0 Å². The van der Waals surface area contributed by atoms with Gasteiger partial charge in [-0.25, -0.2) is 0 Å². The monoisotopic (exact) mass is 409 g/mol. The molecule has 2 aromatic rings. The summed E-state index contributed by atoms with van der Waals surface area (Å²) in [6.45, 7) is 2.12. The molecule has 0 spiro atoms. The van der Waals surface area contributed by atoms with Gasteiger partial charge in [0.2, 0.25) is 5.91 Å². The molecule has 0 radical (unpaired) electrons. The highest BCUT2D eigenvalue weighted by molar-refractivity contribution is 5.91. The highest BCUT2D eigenvalue weighted by atomic mass is 16.3. The summed E-state index contributed by atoms with van der Waals surface area (Å²) < 4.78 is 0. The van der Waals surface area contributed by atoms with Crippen molar-refractivity contribution in [2.24, 2.45) is 11.7 Å². The van der Waals surface area contributed by atoms with E-state index in [1.165, 1.54) is 18.9 Å². The first kappa shape index (κ1) is 21.8. The third-order valence-electron chi connectivity index (χ3n) is 5.72. The normalized spacial score (nSPS) is 15.7. The molecule has 7 nitrogen and oxygen atoms in total. The number of hydrogen-bond acceptors (Lipinski definition) is 6. The molecular formula is C23H31N5O2. The second-order valence-corrected chi connectivity index (χ2v) is 7.92. The first-order valence-electron chi connectivity index (χ1n) is 10.5. The number of carbonyl (C=O) groups excluding carboxylic acids is 1. The van der Waals surface area contributed by atoms with Crippen LogP contribution in [-0.2, 0) is 4.79 Å². The molecule has 0 unspecified atom stereocenters. The molecule has 1 fully saturated rings. The summed E-state index contributed by atoms with van der Waals surface area (Å²) in [5.41, 5.74) is 8.13. The number of phenolic OH excluding ortho intramolecular Hbond substituents is 1. The predicted octanol–water partition coefficient (Wildman–Crippen LogP) is 2.95. The minimum atomic E-state index is -0.200. The second kappa shape index (κ2) is 9.71. The Labute approximate surface area is 178 Å². The van der Waals surface area contributed by atoms with Gasteiger partial charge in [-0.1, -0.05) is 13.0 Å². The average molecular weight is 410 g/mol. The Hall–Kier alpha value is -2.93. The van der Waals surface area contributed by atoms with Crippen LogP contribution in [0.4, 0.5) is 5.82 Å². The maximum atomic E-state index is 11.3. The van der Waals surface area contributed by atoms with Gasteiger partial charge in [0.05, 0.1) is 5.69 Å². The van der Waals surface area contributed by atoms with E-state index < -0.39 is 0 Å². The molecule has 1 heterocycles.